The fourth-order valence-electron chi connectivity index (χ4n) is 2.14. The highest BCUT2D eigenvalue weighted by molar-refractivity contribution is 5.96. The minimum absolute atomic E-state index is 0.0785. The van der Waals surface area contributed by atoms with Crippen LogP contribution in [0.5, 0.6) is 11.5 Å². The Bertz CT molecular complexity index is 830. The van der Waals surface area contributed by atoms with E-state index in [1.54, 1.807) is 56.7 Å². The van der Waals surface area contributed by atoms with Crippen LogP contribution in [0.1, 0.15) is 29.8 Å². The van der Waals surface area contributed by atoms with Crippen LogP contribution in [0.25, 0.3) is 0 Å². The molecule has 2 aromatic rings. The Kier molecular flexibility index (Phi) is 6.93. The van der Waals surface area contributed by atoms with Crippen molar-refractivity contribution < 1.29 is 19.1 Å². The van der Waals surface area contributed by atoms with Crippen molar-refractivity contribution in [1.29, 1.82) is 0 Å². The first-order valence-corrected chi connectivity index (χ1v) is 8.41. The maximum Gasteiger partial charge on any atom is 0.271 e. The molecule has 0 unspecified atom stereocenters. The third-order valence-electron chi connectivity index (χ3n) is 3.75. The predicted molar refractivity (Wildman–Crippen MR) is 105 cm³/mol. The highest BCUT2D eigenvalue weighted by atomic mass is 16.5. The van der Waals surface area contributed by atoms with Gasteiger partial charge in [-0.1, -0.05) is 13.8 Å². The standard InChI is InChI=1S/C20H23N3O4/c1-13(2)19(24)22-16-8-5-14(6-9-16)20(25)23-21-12-15-7-10-17(26-3)11-18(15)27-4/h5-13H,1-4H3,(H,22,24)(H,23,25). The molecule has 0 atom stereocenters. The van der Waals surface area contributed by atoms with Gasteiger partial charge in [-0.3, -0.25) is 9.59 Å². The van der Waals surface area contributed by atoms with Gasteiger partial charge in [-0.15, -0.1) is 0 Å². The molecule has 0 bridgehead atoms. The average Bonchev–Trinajstić information content (AvgIpc) is 2.68. The second-order valence-corrected chi connectivity index (χ2v) is 6.03. The Morgan fingerprint density at radius 2 is 1.74 bits per heavy atom. The minimum atomic E-state index is -0.361. The number of hydrogen-bond acceptors (Lipinski definition) is 5. The summed E-state index contributed by atoms with van der Waals surface area (Å²) in [6.45, 7) is 3.62. The number of methoxy groups -OCH3 is 2. The lowest BCUT2D eigenvalue weighted by Crippen LogP contribution is -2.19. The summed E-state index contributed by atoms with van der Waals surface area (Å²) < 4.78 is 10.4. The molecule has 142 valence electrons. The molecule has 0 spiro atoms. The molecule has 0 aliphatic heterocycles. The summed E-state index contributed by atoms with van der Waals surface area (Å²) in [7, 11) is 3.12. The first kappa shape index (κ1) is 20.0. The molecule has 2 aromatic carbocycles. The summed E-state index contributed by atoms with van der Waals surface area (Å²) in [5.41, 5.74) is 4.22. The Morgan fingerprint density at radius 3 is 2.33 bits per heavy atom. The monoisotopic (exact) mass is 369 g/mol. The molecule has 0 aromatic heterocycles. The highest BCUT2D eigenvalue weighted by Gasteiger charge is 2.09. The molecular weight excluding hydrogens is 346 g/mol. The van der Waals surface area contributed by atoms with Crippen LogP contribution in [0.4, 0.5) is 5.69 Å². The van der Waals surface area contributed by atoms with Gasteiger partial charge in [-0.25, -0.2) is 5.43 Å². The van der Waals surface area contributed by atoms with Crippen LogP contribution in [0.15, 0.2) is 47.6 Å². The van der Waals surface area contributed by atoms with Crippen LogP contribution < -0.4 is 20.2 Å². The van der Waals surface area contributed by atoms with E-state index in [1.165, 1.54) is 6.21 Å². The van der Waals surface area contributed by atoms with Crippen molar-refractivity contribution in [3.05, 3.63) is 53.6 Å². The minimum Gasteiger partial charge on any atom is -0.497 e. The van der Waals surface area contributed by atoms with Gasteiger partial charge < -0.3 is 14.8 Å². The summed E-state index contributed by atoms with van der Waals surface area (Å²) in [6, 6.07) is 11.9. The number of nitrogens with one attached hydrogen (secondary N) is 2. The molecule has 7 heteroatoms. The lowest BCUT2D eigenvalue weighted by atomic mass is 10.1. The van der Waals surface area contributed by atoms with E-state index in [-0.39, 0.29) is 17.7 Å². The fraction of sp³-hybridized carbons (Fsp3) is 0.250. The number of amides is 2. The Balaban J connectivity index is 1.99. The summed E-state index contributed by atoms with van der Waals surface area (Å²) >= 11 is 0. The number of rotatable bonds is 7. The maximum atomic E-state index is 12.2. The van der Waals surface area contributed by atoms with Gasteiger partial charge in [0.05, 0.1) is 20.4 Å². The number of anilines is 1. The van der Waals surface area contributed by atoms with Crippen molar-refractivity contribution in [2.45, 2.75) is 13.8 Å². The number of carbonyl (C=O) groups is 2. The van der Waals surface area contributed by atoms with Gasteiger partial charge in [0, 0.05) is 28.8 Å². The van der Waals surface area contributed by atoms with E-state index in [1.807, 2.05) is 13.8 Å². The lowest BCUT2D eigenvalue weighted by molar-refractivity contribution is -0.118. The molecule has 0 heterocycles. The van der Waals surface area contributed by atoms with E-state index < -0.39 is 0 Å². The topological polar surface area (TPSA) is 89.0 Å². The van der Waals surface area contributed by atoms with Crippen molar-refractivity contribution >= 4 is 23.7 Å². The van der Waals surface area contributed by atoms with Crippen LogP contribution in [-0.4, -0.2) is 32.2 Å². The summed E-state index contributed by atoms with van der Waals surface area (Å²) in [5, 5.41) is 6.73. The van der Waals surface area contributed by atoms with Crippen molar-refractivity contribution in [1.82, 2.24) is 5.43 Å². The zero-order valence-corrected chi connectivity index (χ0v) is 15.8. The lowest BCUT2D eigenvalue weighted by Gasteiger charge is -2.08. The molecule has 0 saturated carbocycles. The van der Waals surface area contributed by atoms with E-state index in [0.29, 0.717) is 28.3 Å². The SMILES string of the molecule is COc1ccc(C=NNC(=O)c2ccc(NC(=O)C(C)C)cc2)c(OC)c1. The Hall–Kier alpha value is -3.35. The van der Waals surface area contributed by atoms with Crippen molar-refractivity contribution in [3.8, 4) is 11.5 Å². The van der Waals surface area contributed by atoms with Gasteiger partial charge in [0.15, 0.2) is 0 Å². The number of hydrazone groups is 1. The smallest absolute Gasteiger partial charge is 0.271 e. The molecular formula is C20H23N3O4. The normalized spacial score (nSPS) is 10.7. The maximum absolute atomic E-state index is 12.2. The van der Waals surface area contributed by atoms with Gasteiger partial charge in [-0.2, -0.15) is 5.10 Å². The number of carbonyl (C=O) groups excluding carboxylic acids is 2. The number of benzene rings is 2. The van der Waals surface area contributed by atoms with E-state index in [0.717, 1.165) is 0 Å². The second kappa shape index (κ2) is 9.38. The molecule has 2 N–H and O–H groups in total. The molecule has 0 radical (unpaired) electrons. The molecule has 0 aliphatic carbocycles. The van der Waals surface area contributed by atoms with Gasteiger partial charge in [0.1, 0.15) is 11.5 Å². The van der Waals surface area contributed by atoms with Gasteiger partial charge in [-0.05, 0) is 36.4 Å². The quantitative estimate of drug-likeness (QED) is 0.580. The van der Waals surface area contributed by atoms with Crippen molar-refractivity contribution in [2.24, 2.45) is 11.0 Å². The predicted octanol–water partition coefficient (Wildman–Crippen LogP) is 3.06. The molecule has 2 amide bonds. The number of hydrogen-bond donors (Lipinski definition) is 2. The molecule has 0 aliphatic rings. The largest absolute Gasteiger partial charge is 0.497 e. The fourth-order valence-corrected chi connectivity index (χ4v) is 2.14. The molecule has 0 saturated heterocycles. The van der Waals surface area contributed by atoms with Gasteiger partial charge >= 0.3 is 0 Å². The summed E-state index contributed by atoms with van der Waals surface area (Å²) in [4.78, 5) is 23.8. The zero-order valence-electron chi connectivity index (χ0n) is 15.8. The van der Waals surface area contributed by atoms with Gasteiger partial charge in [0.25, 0.3) is 5.91 Å². The van der Waals surface area contributed by atoms with Crippen LogP contribution in [0, 0.1) is 5.92 Å². The van der Waals surface area contributed by atoms with Crippen LogP contribution in [0.3, 0.4) is 0 Å². The third kappa shape index (κ3) is 5.57. The average molecular weight is 369 g/mol. The Morgan fingerprint density at radius 1 is 1.04 bits per heavy atom. The van der Waals surface area contributed by atoms with E-state index in [2.05, 4.69) is 15.8 Å². The number of nitrogens with zero attached hydrogens (tertiary/aromatic N) is 1. The second-order valence-electron chi connectivity index (χ2n) is 6.03. The summed E-state index contributed by atoms with van der Waals surface area (Å²) in [5.74, 6) is 0.693. The Labute approximate surface area is 158 Å². The van der Waals surface area contributed by atoms with E-state index in [4.69, 9.17) is 9.47 Å². The summed E-state index contributed by atoms with van der Waals surface area (Å²) in [6.07, 6.45) is 1.49. The molecule has 0 fully saturated rings. The first-order valence-electron chi connectivity index (χ1n) is 8.41. The zero-order chi connectivity index (χ0) is 19.8. The van der Waals surface area contributed by atoms with Crippen molar-refractivity contribution in [2.75, 3.05) is 19.5 Å². The van der Waals surface area contributed by atoms with Crippen LogP contribution >= 0.6 is 0 Å². The van der Waals surface area contributed by atoms with Crippen LogP contribution in [-0.2, 0) is 4.79 Å². The molecule has 7 nitrogen and oxygen atoms in total. The van der Waals surface area contributed by atoms with Gasteiger partial charge in [0.2, 0.25) is 5.91 Å². The van der Waals surface area contributed by atoms with E-state index >= 15 is 0 Å². The van der Waals surface area contributed by atoms with E-state index in [9.17, 15) is 9.59 Å². The number of ether oxygens (including phenoxy) is 2. The first-order chi connectivity index (χ1) is 12.9. The van der Waals surface area contributed by atoms with Crippen LogP contribution in [0.2, 0.25) is 0 Å². The van der Waals surface area contributed by atoms with Crippen molar-refractivity contribution in [3.63, 3.8) is 0 Å². The highest BCUT2D eigenvalue weighted by Crippen LogP contribution is 2.23. The molecule has 2 rings (SSSR count). The molecule has 27 heavy (non-hydrogen) atoms. The third-order valence-corrected chi connectivity index (χ3v) is 3.75.